The van der Waals surface area contributed by atoms with Crippen LogP contribution in [0.5, 0.6) is 0 Å². The third kappa shape index (κ3) is 4.34. The highest BCUT2D eigenvalue weighted by atomic mass is 32.2. The quantitative estimate of drug-likeness (QED) is 0.733. The molecule has 24 heavy (non-hydrogen) atoms. The van der Waals surface area contributed by atoms with Gasteiger partial charge in [-0.1, -0.05) is 19.9 Å². The second-order valence-electron chi connectivity index (χ2n) is 5.73. The van der Waals surface area contributed by atoms with Crippen molar-refractivity contribution < 1.29 is 16.8 Å². The molecule has 0 unspecified atom stereocenters. The van der Waals surface area contributed by atoms with Gasteiger partial charge in [0.15, 0.2) is 0 Å². The summed E-state index contributed by atoms with van der Waals surface area (Å²) in [4.78, 5) is -0.0304. The van der Waals surface area contributed by atoms with Gasteiger partial charge in [0.25, 0.3) is 0 Å². The van der Waals surface area contributed by atoms with Crippen LogP contribution in [0.4, 0.5) is 0 Å². The number of sulfonamides is 2. The van der Waals surface area contributed by atoms with Crippen molar-refractivity contribution in [3.63, 3.8) is 0 Å². The molecule has 0 aliphatic carbocycles. The molecular formula is C15H25N3O4S2. The number of benzene rings is 1. The molecule has 2 rings (SSSR count). The molecule has 0 spiro atoms. The fourth-order valence-electron chi connectivity index (χ4n) is 2.75. The highest BCUT2D eigenvalue weighted by Gasteiger charge is 2.26. The van der Waals surface area contributed by atoms with Gasteiger partial charge in [0.1, 0.15) is 0 Å². The maximum atomic E-state index is 12.6. The Kier molecular flexibility index (Phi) is 6.38. The number of nitrogens with zero attached hydrogens (tertiary/aromatic N) is 1. The molecule has 136 valence electrons. The monoisotopic (exact) mass is 375 g/mol. The molecule has 1 aromatic carbocycles. The van der Waals surface area contributed by atoms with Crippen molar-refractivity contribution in [3.8, 4) is 0 Å². The molecule has 1 fully saturated rings. The first-order valence-electron chi connectivity index (χ1n) is 8.14. The van der Waals surface area contributed by atoms with Crippen molar-refractivity contribution in [2.45, 2.75) is 42.5 Å². The van der Waals surface area contributed by atoms with Gasteiger partial charge in [-0.05, 0) is 37.6 Å². The van der Waals surface area contributed by atoms with Gasteiger partial charge < -0.3 is 5.32 Å². The number of rotatable bonds is 7. The summed E-state index contributed by atoms with van der Waals surface area (Å²) in [5.74, 6) is 0. The second-order valence-corrected chi connectivity index (χ2v) is 9.38. The van der Waals surface area contributed by atoms with E-state index in [1.165, 1.54) is 28.6 Å². The highest BCUT2D eigenvalue weighted by molar-refractivity contribution is 7.90. The zero-order valence-corrected chi connectivity index (χ0v) is 15.7. The van der Waals surface area contributed by atoms with E-state index in [0.29, 0.717) is 19.6 Å². The summed E-state index contributed by atoms with van der Waals surface area (Å²) in [5, 5.41) is 3.15. The minimum Gasteiger partial charge on any atom is -0.315 e. The SMILES string of the molecule is CCN(CC)S(=O)(=O)c1cccc(S(=O)(=O)N[C@H]2CCCNC2)c1. The Hall–Kier alpha value is -1.00. The molecule has 7 nitrogen and oxygen atoms in total. The zero-order chi connectivity index (χ0) is 17.8. The summed E-state index contributed by atoms with van der Waals surface area (Å²) in [5.41, 5.74) is 0. The Bertz CT molecular complexity index is 753. The Morgan fingerprint density at radius 2 is 1.83 bits per heavy atom. The number of hydrogen-bond donors (Lipinski definition) is 2. The van der Waals surface area contributed by atoms with Crippen molar-refractivity contribution in [1.29, 1.82) is 0 Å². The van der Waals surface area contributed by atoms with Gasteiger partial charge in [0.2, 0.25) is 20.0 Å². The lowest BCUT2D eigenvalue weighted by atomic mass is 10.1. The third-order valence-electron chi connectivity index (χ3n) is 4.08. The molecule has 1 aliphatic heterocycles. The Morgan fingerprint density at radius 1 is 1.17 bits per heavy atom. The van der Waals surface area contributed by atoms with E-state index in [0.717, 1.165) is 19.4 Å². The van der Waals surface area contributed by atoms with E-state index in [1.54, 1.807) is 13.8 Å². The smallest absolute Gasteiger partial charge is 0.243 e. The molecule has 0 radical (unpaired) electrons. The number of piperidine rings is 1. The van der Waals surface area contributed by atoms with Crippen LogP contribution in [0.3, 0.4) is 0 Å². The van der Waals surface area contributed by atoms with Gasteiger partial charge in [-0.25, -0.2) is 21.6 Å². The fourth-order valence-corrected chi connectivity index (χ4v) is 5.65. The fraction of sp³-hybridized carbons (Fsp3) is 0.600. The van der Waals surface area contributed by atoms with Crippen LogP contribution in [0.15, 0.2) is 34.1 Å². The summed E-state index contributed by atoms with van der Waals surface area (Å²) in [7, 11) is -7.44. The molecule has 1 aliphatic rings. The first-order valence-corrected chi connectivity index (χ1v) is 11.1. The average Bonchev–Trinajstić information content (AvgIpc) is 2.56. The van der Waals surface area contributed by atoms with E-state index in [1.807, 2.05) is 0 Å². The lowest BCUT2D eigenvalue weighted by Gasteiger charge is -2.24. The molecule has 0 saturated carbocycles. The first kappa shape index (κ1) is 19.3. The molecule has 1 aromatic rings. The van der Waals surface area contributed by atoms with Crippen molar-refractivity contribution in [2.75, 3.05) is 26.2 Å². The van der Waals surface area contributed by atoms with E-state index in [4.69, 9.17) is 0 Å². The summed E-state index contributed by atoms with van der Waals surface area (Å²) in [6, 6.07) is 5.36. The van der Waals surface area contributed by atoms with E-state index in [2.05, 4.69) is 10.0 Å². The second kappa shape index (κ2) is 7.92. The minimum atomic E-state index is -3.75. The van der Waals surface area contributed by atoms with E-state index in [-0.39, 0.29) is 15.8 Å². The molecule has 2 N–H and O–H groups in total. The molecular weight excluding hydrogens is 350 g/mol. The van der Waals surface area contributed by atoms with Crippen molar-refractivity contribution in [1.82, 2.24) is 14.3 Å². The molecule has 1 heterocycles. The molecule has 0 bridgehead atoms. The van der Waals surface area contributed by atoms with Crippen LogP contribution in [0.25, 0.3) is 0 Å². The Balaban J connectivity index is 2.29. The topological polar surface area (TPSA) is 95.6 Å². The largest absolute Gasteiger partial charge is 0.315 e. The average molecular weight is 376 g/mol. The summed E-state index contributed by atoms with van der Waals surface area (Å²) in [6.07, 6.45) is 1.67. The van der Waals surface area contributed by atoms with Crippen LogP contribution in [0.1, 0.15) is 26.7 Å². The van der Waals surface area contributed by atoms with Crippen molar-refractivity contribution in [3.05, 3.63) is 24.3 Å². The number of hydrogen-bond acceptors (Lipinski definition) is 5. The van der Waals surface area contributed by atoms with Gasteiger partial charge in [-0.15, -0.1) is 0 Å². The first-order chi connectivity index (χ1) is 11.3. The number of nitrogens with one attached hydrogen (secondary N) is 2. The molecule has 1 saturated heterocycles. The maximum absolute atomic E-state index is 12.6. The van der Waals surface area contributed by atoms with Crippen LogP contribution < -0.4 is 10.0 Å². The predicted molar refractivity (Wildman–Crippen MR) is 92.8 cm³/mol. The van der Waals surface area contributed by atoms with Crippen LogP contribution in [-0.4, -0.2) is 53.4 Å². The van der Waals surface area contributed by atoms with E-state index < -0.39 is 20.0 Å². The Labute approximate surface area is 144 Å². The molecule has 0 aromatic heterocycles. The Morgan fingerprint density at radius 3 is 2.42 bits per heavy atom. The van der Waals surface area contributed by atoms with Gasteiger partial charge in [0.05, 0.1) is 9.79 Å². The molecule has 9 heteroatoms. The predicted octanol–water partition coefficient (Wildman–Crippen LogP) is 0.747. The lowest BCUT2D eigenvalue weighted by molar-refractivity contribution is 0.428. The summed E-state index contributed by atoms with van der Waals surface area (Å²) >= 11 is 0. The molecule has 0 amide bonds. The minimum absolute atomic E-state index is 0.00385. The summed E-state index contributed by atoms with van der Waals surface area (Å²) in [6.45, 7) is 5.63. The van der Waals surface area contributed by atoms with Gasteiger partial charge in [-0.3, -0.25) is 0 Å². The van der Waals surface area contributed by atoms with Crippen LogP contribution in [0, 0.1) is 0 Å². The summed E-state index contributed by atoms with van der Waals surface area (Å²) < 4.78 is 54.2. The van der Waals surface area contributed by atoms with Crippen LogP contribution in [0.2, 0.25) is 0 Å². The van der Waals surface area contributed by atoms with Crippen molar-refractivity contribution >= 4 is 20.0 Å². The van der Waals surface area contributed by atoms with Gasteiger partial charge in [-0.2, -0.15) is 4.31 Å². The van der Waals surface area contributed by atoms with E-state index in [9.17, 15) is 16.8 Å². The maximum Gasteiger partial charge on any atom is 0.243 e. The standard InChI is InChI=1S/C15H25N3O4S2/c1-3-18(4-2)24(21,22)15-9-5-8-14(11-15)23(19,20)17-13-7-6-10-16-12-13/h5,8-9,11,13,16-17H,3-4,6-7,10,12H2,1-2H3/t13-/m0/s1. The van der Waals surface area contributed by atoms with Crippen molar-refractivity contribution in [2.24, 2.45) is 0 Å². The normalized spacial score (nSPS) is 19.5. The zero-order valence-electron chi connectivity index (χ0n) is 14.0. The third-order valence-corrected chi connectivity index (χ3v) is 7.64. The highest BCUT2D eigenvalue weighted by Crippen LogP contribution is 2.20. The van der Waals surface area contributed by atoms with Crippen LogP contribution >= 0.6 is 0 Å². The van der Waals surface area contributed by atoms with Crippen LogP contribution in [-0.2, 0) is 20.0 Å². The molecule has 1 atom stereocenters. The van der Waals surface area contributed by atoms with Gasteiger partial charge >= 0.3 is 0 Å². The van der Waals surface area contributed by atoms with E-state index >= 15 is 0 Å². The lowest BCUT2D eigenvalue weighted by Crippen LogP contribution is -2.45. The van der Waals surface area contributed by atoms with Gasteiger partial charge in [0, 0.05) is 25.7 Å².